The van der Waals surface area contributed by atoms with Gasteiger partial charge in [0, 0.05) is 12.8 Å². The second-order valence-electron chi connectivity index (χ2n) is 20.0. The maximum absolute atomic E-state index is 13.0. The number of carbonyl (C=O) groups is 2. The quantitative estimate of drug-likeness (QED) is 0.0195. The molecule has 11 nitrogen and oxygen atoms in total. The van der Waals surface area contributed by atoms with Crippen molar-refractivity contribution >= 4 is 11.9 Å². The van der Waals surface area contributed by atoms with E-state index in [4.69, 9.17) is 14.2 Å². The van der Waals surface area contributed by atoms with Crippen LogP contribution in [0.15, 0.2) is 60.8 Å². The molecule has 1 rings (SSSR count). The number of esters is 1. The van der Waals surface area contributed by atoms with Crippen molar-refractivity contribution in [1.82, 2.24) is 5.32 Å². The molecule has 0 aliphatic carbocycles. The average Bonchev–Trinajstić information content (AvgIpc) is 3.37. The van der Waals surface area contributed by atoms with Crippen molar-refractivity contribution in [3.05, 3.63) is 60.8 Å². The van der Waals surface area contributed by atoms with E-state index < -0.39 is 49.5 Å². The predicted molar refractivity (Wildman–Crippen MR) is 292 cm³/mol. The molecule has 0 saturated carbocycles. The molecule has 1 fully saturated rings. The smallest absolute Gasteiger partial charge is 0.305 e. The van der Waals surface area contributed by atoms with E-state index in [2.05, 4.69) is 67.8 Å². The zero-order valence-electron chi connectivity index (χ0n) is 45.2. The molecule has 0 aromatic rings. The van der Waals surface area contributed by atoms with Crippen molar-refractivity contribution < 1.29 is 49.3 Å². The minimum atomic E-state index is -1.59. The normalized spacial score (nSPS) is 19.6. The topological polar surface area (TPSA) is 175 Å². The number of aliphatic hydroxyl groups is 5. The number of hydrogen-bond acceptors (Lipinski definition) is 10. The van der Waals surface area contributed by atoms with Gasteiger partial charge in [-0.1, -0.05) is 190 Å². The summed E-state index contributed by atoms with van der Waals surface area (Å²) in [4.78, 5) is 25.0. The fourth-order valence-corrected chi connectivity index (χ4v) is 8.62. The fourth-order valence-electron chi connectivity index (χ4n) is 8.62. The lowest BCUT2D eigenvalue weighted by Crippen LogP contribution is -2.60. The minimum Gasteiger partial charge on any atom is -0.466 e. The first-order valence-electron chi connectivity index (χ1n) is 29.1. The van der Waals surface area contributed by atoms with Gasteiger partial charge in [-0.15, -0.1) is 0 Å². The first-order chi connectivity index (χ1) is 34.7. The number of ether oxygens (including phenoxy) is 3. The van der Waals surface area contributed by atoms with Crippen LogP contribution in [0.5, 0.6) is 0 Å². The van der Waals surface area contributed by atoms with Gasteiger partial charge in [0.05, 0.1) is 32.0 Å². The standard InChI is InChI=1S/C60H107NO10/c1-3-5-7-9-11-13-15-16-23-27-30-34-38-42-46-53(63)52(51-70-60-59(68)58(67)57(66)54(50-62)71-60)61-55(64)47-43-39-35-31-28-24-21-19-17-18-20-22-25-29-33-37-41-45-49-69-56(65)48-44-40-36-32-26-14-12-10-8-6-4-2/h10,12-13,15,19,21,27,30,42,46,52-54,57-60,62-63,66-68H,3-9,11,14,16-18,20,22-26,28-29,31-41,43-45,47-51H2,1-2H3,(H,61,64)/b12-10-,15-13+,21-19-,30-27+,46-42+. The lowest BCUT2D eigenvalue weighted by atomic mass is 9.99. The lowest BCUT2D eigenvalue weighted by Gasteiger charge is -2.40. The van der Waals surface area contributed by atoms with E-state index in [1.165, 1.54) is 116 Å². The van der Waals surface area contributed by atoms with Crippen molar-refractivity contribution in [3.63, 3.8) is 0 Å². The van der Waals surface area contributed by atoms with Crippen molar-refractivity contribution in [1.29, 1.82) is 0 Å². The third-order valence-electron chi connectivity index (χ3n) is 13.3. The molecule has 6 N–H and O–H groups in total. The van der Waals surface area contributed by atoms with Crippen LogP contribution in [-0.2, 0) is 23.8 Å². The summed E-state index contributed by atoms with van der Waals surface area (Å²) in [6.07, 6.45) is 53.0. The molecule has 7 unspecified atom stereocenters. The summed E-state index contributed by atoms with van der Waals surface area (Å²) in [5, 5.41) is 54.3. The number of aliphatic hydroxyl groups excluding tert-OH is 5. The van der Waals surface area contributed by atoms with Gasteiger partial charge in [0.2, 0.25) is 5.91 Å². The molecular formula is C60H107NO10. The first-order valence-corrected chi connectivity index (χ1v) is 29.1. The van der Waals surface area contributed by atoms with Gasteiger partial charge in [0.1, 0.15) is 24.4 Å². The van der Waals surface area contributed by atoms with Crippen LogP contribution in [0.1, 0.15) is 245 Å². The number of unbranched alkanes of at least 4 members (excludes halogenated alkanes) is 27. The van der Waals surface area contributed by atoms with Gasteiger partial charge in [-0.05, 0) is 103 Å². The molecule has 1 heterocycles. The average molecular weight is 1000 g/mol. The molecule has 0 spiro atoms. The van der Waals surface area contributed by atoms with E-state index in [9.17, 15) is 35.1 Å². The molecular weight excluding hydrogens is 895 g/mol. The number of carbonyl (C=O) groups excluding carboxylic acids is 2. The van der Waals surface area contributed by atoms with Crippen molar-refractivity contribution in [2.24, 2.45) is 0 Å². The van der Waals surface area contributed by atoms with Crippen LogP contribution in [0, 0.1) is 0 Å². The Bertz CT molecular complexity index is 1360. The number of rotatable bonds is 49. The van der Waals surface area contributed by atoms with E-state index in [1.54, 1.807) is 6.08 Å². The molecule has 1 amide bonds. The van der Waals surface area contributed by atoms with E-state index >= 15 is 0 Å². The van der Waals surface area contributed by atoms with Crippen LogP contribution in [0.25, 0.3) is 0 Å². The molecule has 1 aliphatic rings. The maximum Gasteiger partial charge on any atom is 0.305 e. The molecule has 1 aliphatic heterocycles. The van der Waals surface area contributed by atoms with E-state index in [-0.39, 0.29) is 18.5 Å². The van der Waals surface area contributed by atoms with Gasteiger partial charge in [-0.2, -0.15) is 0 Å². The van der Waals surface area contributed by atoms with E-state index in [1.807, 2.05) is 6.08 Å². The van der Waals surface area contributed by atoms with Gasteiger partial charge < -0.3 is 45.1 Å². The lowest BCUT2D eigenvalue weighted by molar-refractivity contribution is -0.302. The molecule has 0 bridgehead atoms. The highest BCUT2D eigenvalue weighted by Crippen LogP contribution is 2.23. The van der Waals surface area contributed by atoms with Gasteiger partial charge in [-0.3, -0.25) is 9.59 Å². The molecule has 11 heteroatoms. The number of nitrogens with one attached hydrogen (secondary N) is 1. The highest BCUT2D eigenvalue weighted by atomic mass is 16.7. The Labute approximate surface area is 433 Å². The Morgan fingerprint density at radius 2 is 0.930 bits per heavy atom. The molecule has 7 atom stereocenters. The van der Waals surface area contributed by atoms with E-state index in [0.29, 0.717) is 19.4 Å². The minimum absolute atomic E-state index is 0.0259. The SMILES string of the molecule is CCCC/C=C\CCCCCCCC(=O)OCCCCCCCCCCC/C=C\CCCCCCCC(=O)NC(COC1OC(CO)C(O)C(O)C1O)C(O)/C=C/CC/C=C/CC/C=C/CCCCCC. The molecule has 0 aromatic heterocycles. The number of hydrogen-bond donors (Lipinski definition) is 6. The summed E-state index contributed by atoms with van der Waals surface area (Å²) >= 11 is 0. The molecule has 412 valence electrons. The molecule has 0 radical (unpaired) electrons. The summed E-state index contributed by atoms with van der Waals surface area (Å²) in [5.41, 5.74) is 0. The second kappa shape index (κ2) is 49.6. The summed E-state index contributed by atoms with van der Waals surface area (Å²) in [7, 11) is 0. The highest BCUT2D eigenvalue weighted by molar-refractivity contribution is 5.76. The third kappa shape index (κ3) is 39.5. The Kier molecular flexibility index (Phi) is 46.3. The van der Waals surface area contributed by atoms with Crippen molar-refractivity contribution in [3.8, 4) is 0 Å². The first kappa shape index (κ1) is 66.4. The Morgan fingerprint density at radius 1 is 0.507 bits per heavy atom. The maximum atomic E-state index is 13.0. The van der Waals surface area contributed by atoms with Gasteiger partial charge in [0.15, 0.2) is 6.29 Å². The largest absolute Gasteiger partial charge is 0.466 e. The second-order valence-corrected chi connectivity index (χ2v) is 20.0. The van der Waals surface area contributed by atoms with Crippen LogP contribution < -0.4 is 5.32 Å². The molecule has 71 heavy (non-hydrogen) atoms. The Balaban J connectivity index is 2.16. The predicted octanol–water partition coefficient (Wildman–Crippen LogP) is 13.1. The van der Waals surface area contributed by atoms with Gasteiger partial charge in [-0.25, -0.2) is 0 Å². The summed E-state index contributed by atoms with van der Waals surface area (Å²) < 4.78 is 16.7. The Morgan fingerprint density at radius 3 is 1.44 bits per heavy atom. The zero-order chi connectivity index (χ0) is 51.7. The van der Waals surface area contributed by atoms with Crippen LogP contribution >= 0.6 is 0 Å². The third-order valence-corrected chi connectivity index (χ3v) is 13.3. The van der Waals surface area contributed by atoms with Crippen molar-refractivity contribution in [2.75, 3.05) is 19.8 Å². The Hall–Kier alpha value is -2.64. The summed E-state index contributed by atoms with van der Waals surface area (Å²) in [5.74, 6) is -0.238. The summed E-state index contributed by atoms with van der Waals surface area (Å²) in [6, 6.07) is -0.846. The van der Waals surface area contributed by atoms with Crippen LogP contribution in [0.4, 0.5) is 0 Å². The monoisotopic (exact) mass is 1000 g/mol. The fraction of sp³-hybridized carbons (Fsp3) is 0.800. The summed E-state index contributed by atoms with van der Waals surface area (Å²) in [6.45, 7) is 4.23. The number of amides is 1. The van der Waals surface area contributed by atoms with Crippen LogP contribution in [-0.4, -0.2) is 100 Å². The van der Waals surface area contributed by atoms with Gasteiger partial charge in [0.25, 0.3) is 0 Å². The van der Waals surface area contributed by atoms with E-state index in [0.717, 1.165) is 103 Å². The van der Waals surface area contributed by atoms with Crippen molar-refractivity contribution in [2.45, 2.75) is 288 Å². The molecule has 0 aromatic carbocycles. The highest BCUT2D eigenvalue weighted by Gasteiger charge is 2.44. The zero-order valence-corrected chi connectivity index (χ0v) is 45.2. The van der Waals surface area contributed by atoms with Crippen LogP contribution in [0.3, 0.4) is 0 Å². The van der Waals surface area contributed by atoms with Gasteiger partial charge >= 0.3 is 5.97 Å². The molecule has 1 saturated heterocycles. The van der Waals surface area contributed by atoms with Crippen LogP contribution in [0.2, 0.25) is 0 Å². The number of allylic oxidation sites excluding steroid dienone is 9.